The smallest absolute Gasteiger partial charge is 0.248 e. The zero-order valence-corrected chi connectivity index (χ0v) is 61.2. The molecule has 5 fully saturated rings. The second kappa shape index (κ2) is 33.9. The van der Waals surface area contributed by atoms with Crippen LogP contribution >= 0.6 is 0 Å². The minimum atomic E-state index is -1.51. The number of nitrogens with zero attached hydrogens (tertiary/aromatic N) is 9. The number of benzene rings is 2. The van der Waals surface area contributed by atoms with Crippen molar-refractivity contribution < 1.29 is 61.5 Å². The summed E-state index contributed by atoms with van der Waals surface area (Å²) in [7, 11) is 11.0. The Morgan fingerprint density at radius 2 is 1.28 bits per heavy atom. The Bertz CT molecular complexity index is 3290. The number of fused-ring (bicyclic) bond motifs is 2. The minimum absolute atomic E-state index is 0.000513. The van der Waals surface area contributed by atoms with Crippen LogP contribution in [0, 0.1) is 43.2 Å². The maximum atomic E-state index is 15.6. The van der Waals surface area contributed by atoms with E-state index >= 15 is 42.3 Å². The van der Waals surface area contributed by atoms with Crippen molar-refractivity contribution in [2.75, 3.05) is 75.5 Å². The highest BCUT2D eigenvalue weighted by Crippen LogP contribution is 2.38. The number of amides is 11. The van der Waals surface area contributed by atoms with E-state index in [-0.39, 0.29) is 100 Å². The van der Waals surface area contributed by atoms with Gasteiger partial charge in [-0.15, -0.1) is 0 Å². The molecule has 0 radical (unpaired) electrons. The van der Waals surface area contributed by atoms with E-state index in [0.29, 0.717) is 49.8 Å². The summed E-state index contributed by atoms with van der Waals surface area (Å²) in [6.45, 7) is 17.8. The van der Waals surface area contributed by atoms with Crippen molar-refractivity contribution in [3.63, 3.8) is 0 Å². The van der Waals surface area contributed by atoms with Crippen molar-refractivity contribution in [2.45, 2.75) is 224 Å². The number of carbonyl (C=O) groups excluding carboxylic acids is 11. The highest BCUT2D eigenvalue weighted by Gasteiger charge is 2.52. The summed E-state index contributed by atoms with van der Waals surface area (Å²) < 4.78 is 30.2. The molecule has 3 saturated heterocycles. The second-order valence-electron chi connectivity index (χ2n) is 29.3. The molecule has 546 valence electrons. The maximum Gasteiger partial charge on any atom is 0.248 e. The zero-order chi connectivity index (χ0) is 73.2. The van der Waals surface area contributed by atoms with Gasteiger partial charge in [-0.1, -0.05) is 96.2 Å². The largest absolute Gasteiger partial charge is 0.380 e. The molecule has 0 bridgehead atoms. The number of rotatable bonds is 13. The molecule has 1 spiro atoms. The number of aryl methyl sites for hydroxylation is 2. The fourth-order valence-corrected chi connectivity index (χ4v) is 15.0. The molecule has 23 nitrogen and oxygen atoms in total. The van der Waals surface area contributed by atoms with Gasteiger partial charge in [0.15, 0.2) is 0 Å². The molecule has 3 N–H and O–H groups in total. The first kappa shape index (κ1) is 78.3. The Hall–Kier alpha value is -7.99. The third kappa shape index (κ3) is 18.0. The molecule has 5 aliphatic rings. The molecule has 2 aliphatic carbocycles. The topological polar surface area (TPSA) is 253 Å². The number of carbonyl (C=O) groups is 11. The molecule has 2 saturated carbocycles. The van der Waals surface area contributed by atoms with Gasteiger partial charge in [0, 0.05) is 86.6 Å². The van der Waals surface area contributed by atoms with Crippen molar-refractivity contribution >= 4 is 65.0 Å². The van der Waals surface area contributed by atoms with Gasteiger partial charge in [-0.25, -0.2) is 8.78 Å². The number of likely N-dealkylation sites (N-methyl/N-ethyl adjacent to an activating group) is 7. The van der Waals surface area contributed by atoms with Gasteiger partial charge in [-0.05, 0) is 133 Å². The molecule has 0 unspecified atom stereocenters. The first-order valence-electron chi connectivity index (χ1n) is 35.7. The molecule has 3 heterocycles. The summed E-state index contributed by atoms with van der Waals surface area (Å²) in [5.41, 5.74) is 0.517. The Morgan fingerprint density at radius 3 is 1.85 bits per heavy atom. The quantitative estimate of drug-likeness (QED) is 0.225. The first-order chi connectivity index (χ1) is 46.7. The van der Waals surface area contributed by atoms with Crippen LogP contribution in [0.1, 0.15) is 160 Å². The highest BCUT2D eigenvalue weighted by atomic mass is 19.1. The zero-order valence-electron chi connectivity index (χ0n) is 61.2. The van der Waals surface area contributed by atoms with E-state index in [1.54, 1.807) is 46.9 Å². The van der Waals surface area contributed by atoms with Crippen LogP contribution in [-0.4, -0.2) is 245 Å². The standard InChI is InChI=1S/C74H110F2N12O11/c1-17-46(6)63-71(97)82(13)49(9)67(93)88-37-33-57(88)70(96)86(18-2)60(41-50-29-27-45(5)28-30-50)69(95)81(12)43-61(89)77-55(32-31-51-39-53(75)47(7)54(76)40-51)68(94)87-36-23-26-56(87)66(92)79-74(34-21-22-35-74)73(99)85(16)64(52-24-19-20-25-52)72(98)84(15)58(48(8)80(10)11)42-62(90)83(14)59(38-44(3)4)65(91)78-63/h27-30,39-40,44,46,49,52,55-60,63-64H,8,17-26,31-38,41-43H2,1-7,9-16H3,(H,77,89)(H,78,91)(H,79,92)/t46-,49-,55-,56-,57-,58-,59-,60-,63-,64-/m0/s1. The molecule has 0 aromatic heterocycles. The average Bonchev–Trinajstić information content (AvgIpc) is 1.70. The van der Waals surface area contributed by atoms with Gasteiger partial charge in [0.1, 0.15) is 65.5 Å². The normalized spacial score (nSPS) is 26.6. The third-order valence-corrected chi connectivity index (χ3v) is 21.8. The molecule has 99 heavy (non-hydrogen) atoms. The van der Waals surface area contributed by atoms with Crippen molar-refractivity contribution in [1.29, 1.82) is 0 Å². The summed E-state index contributed by atoms with van der Waals surface area (Å²) in [5.74, 6) is -9.04. The predicted octanol–water partition coefficient (Wildman–Crippen LogP) is 5.51. The number of hydrogen-bond donors (Lipinski definition) is 3. The maximum absolute atomic E-state index is 15.6. The Morgan fingerprint density at radius 1 is 0.667 bits per heavy atom. The molecule has 2 aromatic rings. The Labute approximate surface area is 584 Å². The molecule has 10 atom stereocenters. The lowest BCUT2D eigenvalue weighted by molar-refractivity contribution is -0.160. The highest BCUT2D eigenvalue weighted by molar-refractivity contribution is 6.00. The van der Waals surface area contributed by atoms with E-state index < -0.39 is 149 Å². The number of hydrogen-bond acceptors (Lipinski definition) is 12. The van der Waals surface area contributed by atoms with Crippen LogP contribution < -0.4 is 16.0 Å². The second-order valence-corrected chi connectivity index (χ2v) is 29.3. The first-order valence-corrected chi connectivity index (χ1v) is 35.7. The lowest BCUT2D eigenvalue weighted by Gasteiger charge is -2.45. The minimum Gasteiger partial charge on any atom is -0.380 e. The molecule has 11 amide bonds. The SMILES string of the molecule is C=C([C@@H]1CC(=O)N(C)[C@@H](CC(C)C)C(=O)N[C@@H]([C@@H](C)CC)C(=O)N(C)[C@@H](C)C(=O)N2CC[C@H]2C(=O)N(CC)[C@@H](Cc2ccc(C)cc2)C(=O)N(C)CC(=O)N[C@@H](CCc2cc(F)c(C)c(F)c2)C(=O)N2CCC[C@H]2C(=O)NC2(CCCC2)C(=O)N(C)[C@@H](C2CCCC2)C(=O)N1C)N(C)C. The fraction of sp³-hybridized carbons (Fsp3) is 0.662. The van der Waals surface area contributed by atoms with Gasteiger partial charge >= 0.3 is 0 Å². The van der Waals surface area contributed by atoms with Gasteiger partial charge in [-0.2, -0.15) is 0 Å². The summed E-state index contributed by atoms with van der Waals surface area (Å²) in [6.07, 6.45) is 5.14. The summed E-state index contributed by atoms with van der Waals surface area (Å²) in [4.78, 5) is 178. The lowest BCUT2D eigenvalue weighted by atomic mass is 9.90. The van der Waals surface area contributed by atoms with Crippen LogP contribution in [0.15, 0.2) is 48.7 Å². The summed E-state index contributed by atoms with van der Waals surface area (Å²) >= 11 is 0. The average molecular weight is 1380 g/mol. The number of halogens is 2. The van der Waals surface area contributed by atoms with Crippen LogP contribution in [0.3, 0.4) is 0 Å². The van der Waals surface area contributed by atoms with Crippen molar-refractivity contribution in [1.82, 2.24) is 60.0 Å². The Balaban J connectivity index is 1.30. The van der Waals surface area contributed by atoms with Crippen LogP contribution in [0.25, 0.3) is 0 Å². The van der Waals surface area contributed by atoms with E-state index in [1.165, 1.54) is 69.3 Å². The molecule has 25 heteroatoms. The molecular formula is C74H110F2N12O11. The van der Waals surface area contributed by atoms with E-state index in [1.807, 2.05) is 52.0 Å². The molecular weight excluding hydrogens is 1270 g/mol. The van der Waals surface area contributed by atoms with E-state index in [4.69, 9.17) is 0 Å². The van der Waals surface area contributed by atoms with Crippen molar-refractivity contribution in [2.24, 2.45) is 17.8 Å². The Kier molecular flexibility index (Phi) is 26.8. The monoisotopic (exact) mass is 1380 g/mol. The third-order valence-electron chi connectivity index (χ3n) is 21.8. The van der Waals surface area contributed by atoms with E-state index in [0.717, 1.165) is 35.4 Å². The lowest BCUT2D eigenvalue weighted by Crippen LogP contribution is -2.65. The van der Waals surface area contributed by atoms with Gasteiger partial charge in [0.25, 0.3) is 0 Å². The van der Waals surface area contributed by atoms with Crippen LogP contribution in [0.5, 0.6) is 0 Å². The fourth-order valence-electron chi connectivity index (χ4n) is 15.0. The molecule has 7 rings (SSSR count). The van der Waals surface area contributed by atoms with Gasteiger partial charge < -0.3 is 60.0 Å². The van der Waals surface area contributed by atoms with E-state index in [9.17, 15) is 19.2 Å². The van der Waals surface area contributed by atoms with Gasteiger partial charge in [0.2, 0.25) is 65.0 Å². The summed E-state index contributed by atoms with van der Waals surface area (Å²) in [5, 5.41) is 8.88. The van der Waals surface area contributed by atoms with Gasteiger partial charge in [0.05, 0.1) is 19.0 Å². The van der Waals surface area contributed by atoms with Crippen molar-refractivity contribution in [3.8, 4) is 0 Å². The molecule has 2 aromatic carbocycles. The van der Waals surface area contributed by atoms with Gasteiger partial charge in [-0.3, -0.25) is 52.7 Å². The van der Waals surface area contributed by atoms with Crippen LogP contribution in [-0.2, 0) is 65.6 Å². The predicted molar refractivity (Wildman–Crippen MR) is 371 cm³/mol. The molecule has 3 aliphatic heterocycles. The van der Waals surface area contributed by atoms with Crippen LogP contribution in [0.2, 0.25) is 0 Å². The van der Waals surface area contributed by atoms with Crippen molar-refractivity contribution in [3.05, 3.63) is 82.6 Å². The van der Waals surface area contributed by atoms with E-state index in [2.05, 4.69) is 22.5 Å². The van der Waals surface area contributed by atoms with Crippen LogP contribution in [0.4, 0.5) is 8.78 Å². The summed E-state index contributed by atoms with van der Waals surface area (Å²) in [6, 6.07) is -0.612. The number of nitrogens with one attached hydrogen (secondary N) is 3.